The summed E-state index contributed by atoms with van der Waals surface area (Å²) in [7, 11) is 0. The maximum absolute atomic E-state index is 12.3. The lowest BCUT2D eigenvalue weighted by atomic mass is 10.0. The Labute approximate surface area is 170 Å². The van der Waals surface area contributed by atoms with Crippen LogP contribution in [0.4, 0.5) is 5.69 Å². The van der Waals surface area contributed by atoms with Gasteiger partial charge in [-0.3, -0.25) is 4.79 Å². The highest BCUT2D eigenvalue weighted by atomic mass is 16.5. The minimum atomic E-state index is -0.557. The number of esters is 1. The molecular formula is C24H23NO4. The van der Waals surface area contributed by atoms with Gasteiger partial charge in [0.15, 0.2) is 6.61 Å². The zero-order valence-corrected chi connectivity index (χ0v) is 16.3. The van der Waals surface area contributed by atoms with E-state index >= 15 is 0 Å². The van der Waals surface area contributed by atoms with E-state index in [4.69, 9.17) is 9.47 Å². The molecule has 0 saturated carbocycles. The second-order valence-corrected chi connectivity index (χ2v) is 6.41. The number of carbonyl (C=O) groups is 2. The summed E-state index contributed by atoms with van der Waals surface area (Å²) in [5.74, 6) is -0.262. The summed E-state index contributed by atoms with van der Waals surface area (Å²) in [4.78, 5) is 24.5. The van der Waals surface area contributed by atoms with Crippen molar-refractivity contribution in [3.8, 4) is 16.9 Å². The van der Waals surface area contributed by atoms with E-state index in [0.717, 1.165) is 17.5 Å². The molecule has 0 aliphatic heterocycles. The fourth-order valence-corrected chi connectivity index (χ4v) is 2.77. The van der Waals surface area contributed by atoms with Gasteiger partial charge in [0.2, 0.25) is 0 Å². The number of hydrogen-bond acceptors (Lipinski definition) is 4. The first kappa shape index (κ1) is 20.1. The summed E-state index contributed by atoms with van der Waals surface area (Å²) in [6.45, 7) is 2.28. The predicted octanol–water partition coefficient (Wildman–Crippen LogP) is 4.94. The van der Waals surface area contributed by atoms with Gasteiger partial charge in [-0.25, -0.2) is 4.79 Å². The van der Waals surface area contributed by atoms with E-state index in [0.29, 0.717) is 23.6 Å². The Kier molecular flexibility index (Phi) is 7.00. The molecule has 1 N–H and O–H groups in total. The number of hydrogen-bond donors (Lipinski definition) is 1. The molecule has 0 aromatic heterocycles. The molecule has 0 aliphatic carbocycles. The van der Waals surface area contributed by atoms with Crippen LogP contribution in [0.1, 0.15) is 23.7 Å². The van der Waals surface area contributed by atoms with Crippen molar-refractivity contribution in [3.05, 3.63) is 84.4 Å². The van der Waals surface area contributed by atoms with Crippen LogP contribution in [0.2, 0.25) is 0 Å². The first-order valence-electron chi connectivity index (χ1n) is 9.51. The molecule has 0 aliphatic rings. The number of nitrogens with one attached hydrogen (secondary N) is 1. The van der Waals surface area contributed by atoms with Gasteiger partial charge in [0.1, 0.15) is 5.75 Å². The molecule has 0 atom stereocenters. The molecule has 29 heavy (non-hydrogen) atoms. The van der Waals surface area contributed by atoms with Crippen LogP contribution in [-0.2, 0) is 9.53 Å². The largest absolute Gasteiger partial charge is 0.494 e. The highest BCUT2D eigenvalue weighted by Crippen LogP contribution is 2.27. The van der Waals surface area contributed by atoms with Crippen LogP contribution in [0.15, 0.2) is 78.9 Å². The summed E-state index contributed by atoms with van der Waals surface area (Å²) in [6, 6.07) is 23.9. The highest BCUT2D eigenvalue weighted by Gasteiger charge is 2.12. The Morgan fingerprint density at radius 2 is 1.55 bits per heavy atom. The van der Waals surface area contributed by atoms with Crippen molar-refractivity contribution < 1.29 is 19.1 Å². The molecule has 5 nitrogen and oxygen atoms in total. The van der Waals surface area contributed by atoms with Gasteiger partial charge in [-0.05, 0) is 42.3 Å². The van der Waals surface area contributed by atoms with Crippen molar-refractivity contribution in [2.24, 2.45) is 0 Å². The van der Waals surface area contributed by atoms with E-state index < -0.39 is 11.9 Å². The smallest absolute Gasteiger partial charge is 0.338 e. The zero-order valence-electron chi connectivity index (χ0n) is 16.3. The van der Waals surface area contributed by atoms with E-state index in [1.54, 1.807) is 24.3 Å². The number of anilines is 1. The fraction of sp³-hybridized carbons (Fsp3) is 0.167. The van der Waals surface area contributed by atoms with Crippen LogP contribution in [0.25, 0.3) is 11.1 Å². The van der Waals surface area contributed by atoms with Crippen molar-refractivity contribution in [3.63, 3.8) is 0 Å². The normalized spacial score (nSPS) is 10.2. The standard InChI is InChI=1S/C24H23NO4/c1-2-16-28-20-14-12-19(13-15-20)24(27)29-17-23(26)25-22-11-7-6-10-21(22)18-8-4-3-5-9-18/h3-15H,2,16-17H2,1H3,(H,25,26). The van der Waals surface area contributed by atoms with Crippen LogP contribution in [0.3, 0.4) is 0 Å². The Balaban J connectivity index is 1.57. The third kappa shape index (κ3) is 5.69. The number of amides is 1. The minimum absolute atomic E-state index is 0.365. The van der Waals surface area contributed by atoms with Gasteiger partial charge in [-0.2, -0.15) is 0 Å². The zero-order chi connectivity index (χ0) is 20.5. The lowest BCUT2D eigenvalue weighted by Gasteiger charge is -2.11. The monoisotopic (exact) mass is 389 g/mol. The molecule has 0 saturated heterocycles. The number of carbonyl (C=O) groups excluding carboxylic acids is 2. The van der Waals surface area contributed by atoms with Gasteiger partial charge in [0.25, 0.3) is 5.91 Å². The SMILES string of the molecule is CCCOc1ccc(C(=O)OCC(=O)Nc2ccccc2-c2ccccc2)cc1. The molecular weight excluding hydrogens is 366 g/mol. The fourth-order valence-electron chi connectivity index (χ4n) is 2.77. The van der Waals surface area contributed by atoms with Crippen LogP contribution in [-0.4, -0.2) is 25.1 Å². The summed E-state index contributed by atoms with van der Waals surface area (Å²) in [5, 5.41) is 2.81. The van der Waals surface area contributed by atoms with E-state index in [2.05, 4.69) is 5.32 Å². The topological polar surface area (TPSA) is 64.6 Å². The maximum atomic E-state index is 12.3. The van der Waals surface area contributed by atoms with Crippen LogP contribution >= 0.6 is 0 Å². The second kappa shape index (κ2) is 10.1. The molecule has 148 valence electrons. The van der Waals surface area contributed by atoms with Crippen molar-refractivity contribution in [2.75, 3.05) is 18.5 Å². The van der Waals surface area contributed by atoms with Crippen molar-refractivity contribution >= 4 is 17.6 Å². The van der Waals surface area contributed by atoms with Crippen molar-refractivity contribution in [1.82, 2.24) is 0 Å². The third-order valence-corrected chi connectivity index (χ3v) is 4.18. The van der Waals surface area contributed by atoms with Crippen LogP contribution in [0.5, 0.6) is 5.75 Å². The second-order valence-electron chi connectivity index (χ2n) is 6.41. The number of ether oxygens (including phenoxy) is 2. The Bertz CT molecular complexity index is 952. The van der Waals surface area contributed by atoms with Crippen molar-refractivity contribution in [2.45, 2.75) is 13.3 Å². The van der Waals surface area contributed by atoms with Gasteiger partial charge in [0.05, 0.1) is 12.2 Å². The maximum Gasteiger partial charge on any atom is 0.338 e. The van der Waals surface area contributed by atoms with E-state index in [1.165, 1.54) is 0 Å². The molecule has 0 bridgehead atoms. The molecule has 0 unspecified atom stereocenters. The number of para-hydroxylation sites is 1. The molecule has 3 rings (SSSR count). The van der Waals surface area contributed by atoms with Gasteiger partial charge in [0, 0.05) is 11.3 Å². The molecule has 5 heteroatoms. The lowest BCUT2D eigenvalue weighted by molar-refractivity contribution is -0.119. The summed E-state index contributed by atoms with van der Waals surface area (Å²) < 4.78 is 10.6. The van der Waals surface area contributed by atoms with Gasteiger partial charge in [-0.1, -0.05) is 55.5 Å². The van der Waals surface area contributed by atoms with E-state index in [9.17, 15) is 9.59 Å². The molecule has 0 radical (unpaired) electrons. The van der Waals surface area contributed by atoms with E-state index in [-0.39, 0.29) is 6.61 Å². The number of benzene rings is 3. The van der Waals surface area contributed by atoms with Gasteiger partial charge < -0.3 is 14.8 Å². The summed E-state index contributed by atoms with van der Waals surface area (Å²) in [6.07, 6.45) is 0.909. The quantitative estimate of drug-likeness (QED) is 0.554. The van der Waals surface area contributed by atoms with Gasteiger partial charge >= 0.3 is 5.97 Å². The average Bonchev–Trinajstić information content (AvgIpc) is 2.77. The average molecular weight is 389 g/mol. The Morgan fingerprint density at radius 1 is 0.862 bits per heavy atom. The number of rotatable bonds is 8. The molecule has 3 aromatic rings. The molecule has 0 spiro atoms. The first-order valence-corrected chi connectivity index (χ1v) is 9.51. The Morgan fingerprint density at radius 3 is 2.28 bits per heavy atom. The predicted molar refractivity (Wildman–Crippen MR) is 113 cm³/mol. The lowest BCUT2D eigenvalue weighted by Crippen LogP contribution is -2.21. The third-order valence-electron chi connectivity index (χ3n) is 4.18. The molecule has 0 fully saturated rings. The minimum Gasteiger partial charge on any atom is -0.494 e. The first-order chi connectivity index (χ1) is 14.2. The van der Waals surface area contributed by atoms with Crippen molar-refractivity contribution in [1.29, 1.82) is 0 Å². The highest BCUT2D eigenvalue weighted by molar-refractivity contribution is 5.98. The molecule has 3 aromatic carbocycles. The van der Waals surface area contributed by atoms with E-state index in [1.807, 2.05) is 61.5 Å². The summed E-state index contributed by atoms with van der Waals surface area (Å²) in [5.41, 5.74) is 2.92. The van der Waals surface area contributed by atoms with Gasteiger partial charge in [-0.15, -0.1) is 0 Å². The Hall–Kier alpha value is -3.60. The summed E-state index contributed by atoms with van der Waals surface area (Å²) >= 11 is 0. The molecule has 0 heterocycles. The van der Waals surface area contributed by atoms with Crippen LogP contribution in [0, 0.1) is 0 Å². The van der Waals surface area contributed by atoms with Crippen LogP contribution < -0.4 is 10.1 Å². The molecule has 1 amide bonds.